The summed E-state index contributed by atoms with van der Waals surface area (Å²) in [6.07, 6.45) is 0. The fourth-order valence-electron chi connectivity index (χ4n) is 2.62. The van der Waals surface area contributed by atoms with Crippen molar-refractivity contribution in [2.75, 3.05) is 14.2 Å². The molecule has 4 nitrogen and oxygen atoms in total. The van der Waals surface area contributed by atoms with Gasteiger partial charge < -0.3 is 15.4 Å². The molecular weight excluding hydrogens is 300 g/mol. The fraction of sp³-hybridized carbons (Fsp3) is 0.350. The van der Waals surface area contributed by atoms with Gasteiger partial charge in [-0.15, -0.1) is 0 Å². The Balaban J connectivity index is 1.96. The van der Waals surface area contributed by atoms with Crippen molar-refractivity contribution in [2.45, 2.75) is 32.4 Å². The van der Waals surface area contributed by atoms with Crippen LogP contribution < -0.4 is 15.4 Å². The lowest BCUT2D eigenvalue weighted by Crippen LogP contribution is -2.30. The molecule has 0 saturated carbocycles. The van der Waals surface area contributed by atoms with Crippen LogP contribution in [-0.4, -0.2) is 26.1 Å². The van der Waals surface area contributed by atoms with Crippen LogP contribution in [0.25, 0.3) is 0 Å². The Labute approximate surface area is 144 Å². The summed E-state index contributed by atoms with van der Waals surface area (Å²) in [5.74, 6) is 1.19. The quantitative estimate of drug-likeness (QED) is 0.820. The molecule has 128 valence electrons. The predicted octanol–water partition coefficient (Wildman–Crippen LogP) is 3.34. The van der Waals surface area contributed by atoms with Gasteiger partial charge in [-0.05, 0) is 48.2 Å². The van der Waals surface area contributed by atoms with Crippen molar-refractivity contribution in [1.82, 2.24) is 10.6 Å². The van der Waals surface area contributed by atoms with Crippen molar-refractivity contribution in [1.29, 1.82) is 0 Å². The van der Waals surface area contributed by atoms with Gasteiger partial charge in [0.1, 0.15) is 5.75 Å². The van der Waals surface area contributed by atoms with E-state index in [-0.39, 0.29) is 5.91 Å². The summed E-state index contributed by atoms with van der Waals surface area (Å²) in [5, 5.41) is 6.20. The van der Waals surface area contributed by atoms with Crippen molar-refractivity contribution in [3.63, 3.8) is 0 Å². The molecule has 2 aromatic rings. The Bertz CT molecular complexity index is 668. The van der Waals surface area contributed by atoms with Crippen LogP contribution >= 0.6 is 0 Å². The van der Waals surface area contributed by atoms with Gasteiger partial charge in [0, 0.05) is 25.2 Å². The Morgan fingerprint density at radius 2 is 1.83 bits per heavy atom. The molecule has 2 aromatic carbocycles. The minimum atomic E-state index is -0.0588. The number of amides is 1. The minimum Gasteiger partial charge on any atom is -0.497 e. The number of carbonyl (C=O) groups is 1. The molecule has 2 rings (SSSR count). The number of rotatable bonds is 7. The molecule has 2 unspecified atom stereocenters. The molecular formula is C20H26N2O2. The summed E-state index contributed by atoms with van der Waals surface area (Å²) in [6.45, 7) is 5.12. The van der Waals surface area contributed by atoms with Crippen LogP contribution in [-0.2, 0) is 6.54 Å². The highest BCUT2D eigenvalue weighted by Gasteiger charge is 2.14. The largest absolute Gasteiger partial charge is 0.497 e. The number of benzene rings is 2. The first kappa shape index (κ1) is 18.0. The molecule has 2 N–H and O–H groups in total. The summed E-state index contributed by atoms with van der Waals surface area (Å²) in [4.78, 5) is 11.7. The number of nitrogens with one attached hydrogen (secondary N) is 2. The van der Waals surface area contributed by atoms with E-state index in [1.165, 1.54) is 5.56 Å². The van der Waals surface area contributed by atoms with Gasteiger partial charge in [0.25, 0.3) is 5.91 Å². The van der Waals surface area contributed by atoms with Gasteiger partial charge in [0.15, 0.2) is 0 Å². The average Bonchev–Trinajstić information content (AvgIpc) is 2.65. The Morgan fingerprint density at radius 3 is 2.46 bits per heavy atom. The number of ether oxygens (including phenoxy) is 1. The molecule has 0 spiro atoms. The van der Waals surface area contributed by atoms with Crippen LogP contribution in [0.2, 0.25) is 0 Å². The van der Waals surface area contributed by atoms with E-state index in [1.807, 2.05) is 36.4 Å². The van der Waals surface area contributed by atoms with Gasteiger partial charge in [-0.3, -0.25) is 4.79 Å². The summed E-state index contributed by atoms with van der Waals surface area (Å²) < 4.78 is 5.21. The summed E-state index contributed by atoms with van der Waals surface area (Å²) in [6, 6.07) is 16.2. The third-order valence-electron chi connectivity index (χ3n) is 4.44. The second-order valence-electron chi connectivity index (χ2n) is 6.01. The first-order valence-electron chi connectivity index (χ1n) is 8.23. The highest BCUT2D eigenvalue weighted by molar-refractivity contribution is 5.94. The van der Waals surface area contributed by atoms with E-state index < -0.39 is 0 Å². The van der Waals surface area contributed by atoms with Gasteiger partial charge in [-0.2, -0.15) is 0 Å². The van der Waals surface area contributed by atoms with E-state index in [9.17, 15) is 4.79 Å². The van der Waals surface area contributed by atoms with E-state index in [1.54, 1.807) is 14.2 Å². The molecule has 0 heterocycles. The van der Waals surface area contributed by atoms with Crippen LogP contribution in [0, 0.1) is 0 Å². The number of hydrogen-bond donors (Lipinski definition) is 2. The van der Waals surface area contributed by atoms with Crippen molar-refractivity contribution in [2.24, 2.45) is 0 Å². The molecule has 0 radical (unpaired) electrons. The Hall–Kier alpha value is -2.33. The first-order valence-corrected chi connectivity index (χ1v) is 8.23. The summed E-state index contributed by atoms with van der Waals surface area (Å²) in [7, 11) is 3.32. The molecule has 0 saturated heterocycles. The number of hydrogen-bond acceptors (Lipinski definition) is 3. The molecule has 0 aliphatic heterocycles. The van der Waals surface area contributed by atoms with Crippen molar-refractivity contribution >= 4 is 5.91 Å². The van der Waals surface area contributed by atoms with Crippen molar-refractivity contribution in [3.05, 3.63) is 65.2 Å². The molecule has 0 fully saturated rings. The van der Waals surface area contributed by atoms with Crippen LogP contribution in [0.1, 0.15) is 41.3 Å². The lowest BCUT2D eigenvalue weighted by Gasteiger charge is -2.22. The standard InChI is InChI=1S/C20H26N2O2/c1-14(17-8-10-19(24-4)11-9-17)15(2)22-13-16-6-5-7-18(12-16)20(23)21-3/h5-12,14-15,22H,13H2,1-4H3,(H,21,23). The Morgan fingerprint density at radius 1 is 1.12 bits per heavy atom. The average molecular weight is 326 g/mol. The topological polar surface area (TPSA) is 50.4 Å². The van der Waals surface area contributed by atoms with E-state index in [2.05, 4.69) is 36.6 Å². The summed E-state index contributed by atoms with van der Waals surface area (Å²) >= 11 is 0. The summed E-state index contributed by atoms with van der Waals surface area (Å²) in [5.41, 5.74) is 3.06. The maximum atomic E-state index is 11.7. The zero-order valence-corrected chi connectivity index (χ0v) is 14.8. The molecule has 0 aliphatic rings. The second-order valence-corrected chi connectivity index (χ2v) is 6.01. The third kappa shape index (κ3) is 4.59. The number of carbonyl (C=O) groups excluding carboxylic acids is 1. The normalized spacial score (nSPS) is 13.2. The van der Waals surface area contributed by atoms with Crippen LogP contribution in [0.5, 0.6) is 5.75 Å². The van der Waals surface area contributed by atoms with Crippen molar-refractivity contribution in [3.8, 4) is 5.75 Å². The van der Waals surface area contributed by atoms with Gasteiger partial charge in [-0.25, -0.2) is 0 Å². The monoisotopic (exact) mass is 326 g/mol. The smallest absolute Gasteiger partial charge is 0.251 e. The highest BCUT2D eigenvalue weighted by Crippen LogP contribution is 2.22. The third-order valence-corrected chi connectivity index (χ3v) is 4.44. The van der Waals surface area contributed by atoms with E-state index in [0.29, 0.717) is 17.5 Å². The van der Waals surface area contributed by atoms with Crippen LogP contribution in [0.15, 0.2) is 48.5 Å². The van der Waals surface area contributed by atoms with Crippen LogP contribution in [0.4, 0.5) is 0 Å². The zero-order chi connectivity index (χ0) is 17.5. The first-order chi connectivity index (χ1) is 11.5. The number of methoxy groups -OCH3 is 1. The molecule has 2 atom stereocenters. The van der Waals surface area contributed by atoms with E-state index in [4.69, 9.17) is 4.74 Å². The maximum absolute atomic E-state index is 11.7. The zero-order valence-electron chi connectivity index (χ0n) is 14.8. The fourth-order valence-corrected chi connectivity index (χ4v) is 2.62. The predicted molar refractivity (Wildman–Crippen MR) is 97.5 cm³/mol. The van der Waals surface area contributed by atoms with E-state index >= 15 is 0 Å². The lowest BCUT2D eigenvalue weighted by atomic mass is 9.94. The van der Waals surface area contributed by atoms with Gasteiger partial charge in [-0.1, -0.05) is 31.2 Å². The van der Waals surface area contributed by atoms with Crippen molar-refractivity contribution < 1.29 is 9.53 Å². The van der Waals surface area contributed by atoms with Gasteiger partial charge in [0.05, 0.1) is 7.11 Å². The van der Waals surface area contributed by atoms with Gasteiger partial charge >= 0.3 is 0 Å². The Kier molecular flexibility index (Phi) is 6.38. The molecule has 0 aromatic heterocycles. The lowest BCUT2D eigenvalue weighted by molar-refractivity contribution is 0.0963. The molecule has 24 heavy (non-hydrogen) atoms. The van der Waals surface area contributed by atoms with Gasteiger partial charge in [0.2, 0.25) is 0 Å². The minimum absolute atomic E-state index is 0.0588. The molecule has 4 heteroatoms. The maximum Gasteiger partial charge on any atom is 0.251 e. The SMILES string of the molecule is CNC(=O)c1cccc(CNC(C)C(C)c2ccc(OC)cc2)c1. The van der Waals surface area contributed by atoms with Crippen LogP contribution in [0.3, 0.4) is 0 Å². The highest BCUT2D eigenvalue weighted by atomic mass is 16.5. The molecule has 0 bridgehead atoms. The molecule has 0 aliphatic carbocycles. The molecule has 1 amide bonds. The van der Waals surface area contributed by atoms with E-state index in [0.717, 1.165) is 17.9 Å². The second kappa shape index (κ2) is 8.50.